The largest absolute Gasteiger partial charge is 0.490 e. The van der Waals surface area contributed by atoms with E-state index in [1.54, 1.807) is 6.08 Å². The van der Waals surface area contributed by atoms with Gasteiger partial charge in [0.1, 0.15) is 0 Å². The van der Waals surface area contributed by atoms with Gasteiger partial charge in [0.25, 0.3) is 0 Å². The van der Waals surface area contributed by atoms with E-state index in [0.29, 0.717) is 6.42 Å². The molecule has 1 saturated heterocycles. The van der Waals surface area contributed by atoms with Crippen LogP contribution in [0.3, 0.4) is 0 Å². The van der Waals surface area contributed by atoms with Gasteiger partial charge >= 0.3 is 7.12 Å². The van der Waals surface area contributed by atoms with Crippen molar-refractivity contribution in [3.63, 3.8) is 0 Å². The Morgan fingerprint density at radius 3 is 1.85 bits per heavy atom. The molecule has 0 unspecified atom stereocenters. The summed E-state index contributed by atoms with van der Waals surface area (Å²) in [6, 6.07) is 0. The van der Waals surface area contributed by atoms with Crippen LogP contribution in [0, 0.1) is 0 Å². The molecule has 5 nitrogen and oxygen atoms in total. The van der Waals surface area contributed by atoms with Gasteiger partial charge in [-0.05, 0) is 59.5 Å². The zero-order chi connectivity index (χ0) is 21.0. The molecule has 0 amide bonds. The van der Waals surface area contributed by atoms with Gasteiger partial charge in [-0.15, -0.1) is 0 Å². The van der Waals surface area contributed by atoms with Crippen molar-refractivity contribution in [1.82, 2.24) is 0 Å². The lowest BCUT2D eigenvalue weighted by Gasteiger charge is -2.32. The summed E-state index contributed by atoms with van der Waals surface area (Å²) in [5, 5.41) is 9.87. The van der Waals surface area contributed by atoms with Crippen LogP contribution in [0.25, 0.3) is 0 Å². The number of hydrogen-bond acceptors (Lipinski definition) is 5. The highest BCUT2D eigenvalue weighted by molar-refractivity contribution is 7.96. The quantitative estimate of drug-likeness (QED) is 0.547. The first-order valence-corrected chi connectivity index (χ1v) is 10.5. The molecule has 0 atom stereocenters. The minimum atomic E-state index is -3.89. The molecule has 0 aromatic carbocycles. The maximum atomic E-state index is 12.3. The lowest BCUT2D eigenvalue weighted by Crippen LogP contribution is -2.41. The fourth-order valence-electron chi connectivity index (χ4n) is 2.10. The van der Waals surface area contributed by atoms with E-state index in [-0.39, 0.29) is 4.91 Å². The van der Waals surface area contributed by atoms with Crippen molar-refractivity contribution in [3.8, 4) is 0 Å². The number of allylic oxidation sites excluding steroid dienone is 4. The van der Waals surface area contributed by atoms with Crippen molar-refractivity contribution in [2.75, 3.05) is 0 Å². The predicted octanol–water partition coefficient (Wildman–Crippen LogP) is 4.19. The van der Waals surface area contributed by atoms with Gasteiger partial charge in [0.05, 0.1) is 16.1 Å². The van der Waals surface area contributed by atoms with E-state index in [0.717, 1.165) is 5.47 Å². The zero-order valence-corrected chi connectivity index (χ0v) is 18.5. The van der Waals surface area contributed by atoms with Crippen molar-refractivity contribution >= 4 is 17.0 Å². The van der Waals surface area contributed by atoms with Crippen molar-refractivity contribution < 1.29 is 22.8 Å². The monoisotopic (exact) mass is 386 g/mol. The molecule has 1 heterocycles. The molecule has 26 heavy (non-hydrogen) atoms. The molecule has 0 aromatic rings. The van der Waals surface area contributed by atoms with Crippen molar-refractivity contribution in [3.05, 3.63) is 35.2 Å². The Labute approximate surface area is 160 Å². The number of hydrogen-bond donors (Lipinski definition) is 1. The third-order valence-corrected chi connectivity index (χ3v) is 6.83. The van der Waals surface area contributed by atoms with Gasteiger partial charge in [0.2, 0.25) is 9.84 Å². The van der Waals surface area contributed by atoms with Gasteiger partial charge in [-0.25, -0.2) is 8.42 Å². The summed E-state index contributed by atoms with van der Waals surface area (Å²) in [6.07, 6.45) is 4.97. The van der Waals surface area contributed by atoms with Crippen molar-refractivity contribution in [1.29, 1.82) is 0 Å². The van der Waals surface area contributed by atoms with E-state index >= 15 is 0 Å². The summed E-state index contributed by atoms with van der Waals surface area (Å²) in [5.41, 5.74) is -0.106. The van der Waals surface area contributed by atoms with Crippen LogP contribution < -0.4 is 0 Å². The Morgan fingerprint density at radius 2 is 1.54 bits per heavy atom. The van der Waals surface area contributed by atoms with Crippen LogP contribution in [-0.4, -0.2) is 36.8 Å². The fraction of sp³-hybridized carbons (Fsp3) is 0.684. The van der Waals surface area contributed by atoms with Gasteiger partial charge in [0.15, 0.2) is 4.93 Å². The number of rotatable bonds is 6. The third-order valence-electron chi connectivity index (χ3n) is 4.60. The minimum Gasteiger partial charge on any atom is -0.400 e. The van der Waals surface area contributed by atoms with Crippen LogP contribution >= 0.6 is 0 Å². The SMILES string of the molecule is C=C/C(=C\C=C(/CC)B1OC(C)(C)C(C)(C)O1)S(=O)(=O)C(C)(C)O.CC. The second kappa shape index (κ2) is 8.87. The summed E-state index contributed by atoms with van der Waals surface area (Å²) >= 11 is 0. The van der Waals surface area contributed by atoms with E-state index in [2.05, 4.69) is 6.58 Å². The summed E-state index contributed by atoms with van der Waals surface area (Å²) in [6.45, 7) is 19.8. The molecule has 1 aliphatic heterocycles. The molecule has 7 heteroatoms. The number of sulfone groups is 1. The topological polar surface area (TPSA) is 72.8 Å². The van der Waals surface area contributed by atoms with E-state index in [4.69, 9.17) is 9.31 Å². The van der Waals surface area contributed by atoms with Crippen LogP contribution in [0.5, 0.6) is 0 Å². The van der Waals surface area contributed by atoms with E-state index in [1.807, 2.05) is 48.5 Å². The molecule has 1 aliphatic rings. The first-order valence-electron chi connectivity index (χ1n) is 9.05. The molecule has 0 spiro atoms. The molecule has 0 aromatic heterocycles. The Kier molecular flexibility index (Phi) is 8.57. The maximum Gasteiger partial charge on any atom is 0.490 e. The smallest absolute Gasteiger partial charge is 0.400 e. The highest BCUT2D eigenvalue weighted by Gasteiger charge is 2.51. The van der Waals surface area contributed by atoms with Crippen LogP contribution in [0.2, 0.25) is 0 Å². The van der Waals surface area contributed by atoms with Crippen LogP contribution in [0.4, 0.5) is 0 Å². The second-order valence-corrected chi connectivity index (χ2v) is 9.88. The van der Waals surface area contributed by atoms with Crippen molar-refractivity contribution in [2.24, 2.45) is 0 Å². The standard InChI is InChI=1S/C17H29BO5S.C2H6/c1-9-13(18-22-15(3,4)16(5,6)23-18)11-12-14(10-2)24(20,21)17(7,8)19;1-2/h10-12,19H,2,9H2,1,3-8H3;1-2H3/b13-11+,14-12+;. The average Bonchev–Trinajstić information content (AvgIpc) is 2.72. The summed E-state index contributed by atoms with van der Waals surface area (Å²) in [7, 11) is -4.42. The molecule has 0 aliphatic carbocycles. The summed E-state index contributed by atoms with van der Waals surface area (Å²) < 4.78 is 36.6. The van der Waals surface area contributed by atoms with E-state index in [1.165, 1.54) is 26.0 Å². The molecule has 1 N–H and O–H groups in total. The highest BCUT2D eigenvalue weighted by Crippen LogP contribution is 2.39. The summed E-state index contributed by atoms with van der Waals surface area (Å²) in [4.78, 5) is -1.92. The number of aliphatic hydroxyl groups is 1. The first-order chi connectivity index (χ1) is 11.7. The Hall–Kier alpha value is -0.885. The molecule has 0 radical (unpaired) electrons. The van der Waals surface area contributed by atoms with Gasteiger partial charge < -0.3 is 14.4 Å². The Bertz CT molecular complexity index is 636. The Morgan fingerprint density at radius 1 is 1.12 bits per heavy atom. The molecule has 0 bridgehead atoms. The molecule has 0 saturated carbocycles. The zero-order valence-electron chi connectivity index (χ0n) is 17.7. The Balaban J connectivity index is 0.00000301. The third kappa shape index (κ3) is 5.32. The molecule has 1 fully saturated rings. The predicted molar refractivity (Wildman–Crippen MR) is 109 cm³/mol. The molecule has 1 rings (SSSR count). The fourth-order valence-corrected chi connectivity index (χ4v) is 3.15. The minimum absolute atomic E-state index is 0.0440. The van der Waals surface area contributed by atoms with Gasteiger partial charge in [-0.3, -0.25) is 0 Å². The van der Waals surface area contributed by atoms with Crippen LogP contribution in [0.1, 0.15) is 68.7 Å². The van der Waals surface area contributed by atoms with E-state index in [9.17, 15) is 13.5 Å². The molecular formula is C19H35BO5S. The molecular weight excluding hydrogens is 351 g/mol. The second-order valence-electron chi connectivity index (χ2n) is 7.41. The van der Waals surface area contributed by atoms with E-state index < -0.39 is 33.1 Å². The molecule has 150 valence electrons. The van der Waals surface area contributed by atoms with Gasteiger partial charge in [-0.1, -0.05) is 39.5 Å². The summed E-state index contributed by atoms with van der Waals surface area (Å²) in [5.74, 6) is 0. The maximum absolute atomic E-state index is 12.3. The lowest BCUT2D eigenvalue weighted by atomic mass is 9.76. The average molecular weight is 386 g/mol. The van der Waals surface area contributed by atoms with Crippen LogP contribution in [-0.2, 0) is 19.1 Å². The normalized spacial score (nSPS) is 20.5. The highest BCUT2D eigenvalue weighted by atomic mass is 32.2. The van der Waals surface area contributed by atoms with Crippen LogP contribution in [0.15, 0.2) is 35.2 Å². The first kappa shape index (κ1) is 25.1. The van der Waals surface area contributed by atoms with Gasteiger partial charge in [0, 0.05) is 0 Å². The van der Waals surface area contributed by atoms with Gasteiger partial charge in [-0.2, -0.15) is 0 Å². The lowest BCUT2D eigenvalue weighted by molar-refractivity contribution is 0.00578. The van der Waals surface area contributed by atoms with Crippen molar-refractivity contribution in [2.45, 2.75) is 84.9 Å².